The molecule has 0 aliphatic rings. The first kappa shape index (κ1) is 31.2. The molecule has 0 nitrogen and oxygen atoms in total. The van der Waals surface area contributed by atoms with Crippen molar-refractivity contribution in [3.63, 3.8) is 0 Å². The summed E-state index contributed by atoms with van der Waals surface area (Å²) in [4.78, 5) is 0. The highest BCUT2D eigenvalue weighted by molar-refractivity contribution is 7.20. The minimum absolute atomic E-state index is 1.26. The van der Waals surface area contributed by atoms with Gasteiger partial charge >= 0.3 is 0 Å². The minimum atomic E-state index is -2.77. The summed E-state index contributed by atoms with van der Waals surface area (Å²) in [5.41, 5.74) is 5.11. The van der Waals surface area contributed by atoms with Gasteiger partial charge in [0.25, 0.3) is 0 Å². The van der Waals surface area contributed by atoms with Crippen LogP contribution in [0.4, 0.5) is 0 Å². The molecule has 0 aromatic heterocycles. The van der Waals surface area contributed by atoms with Crippen LogP contribution in [-0.4, -0.2) is 8.07 Å². The summed E-state index contributed by atoms with van der Waals surface area (Å²) < 4.78 is 0. The van der Waals surface area contributed by atoms with Crippen molar-refractivity contribution in [2.75, 3.05) is 0 Å². The van der Waals surface area contributed by atoms with Crippen LogP contribution in [0, 0.1) is 0 Å². The van der Waals surface area contributed by atoms with E-state index in [0.29, 0.717) is 0 Å². The summed E-state index contributed by atoms with van der Waals surface area (Å²) >= 11 is 0. The third-order valence-corrected chi connectivity index (χ3v) is 16.1. The van der Waals surface area contributed by atoms with E-state index in [0.717, 1.165) is 0 Å². The van der Waals surface area contributed by atoms with Gasteiger partial charge in [0.2, 0.25) is 0 Å². The number of benzene rings is 10. The van der Waals surface area contributed by atoms with Crippen LogP contribution in [0.3, 0.4) is 0 Å². The van der Waals surface area contributed by atoms with Crippen LogP contribution in [0.25, 0.3) is 65.3 Å². The van der Waals surface area contributed by atoms with Gasteiger partial charge in [-0.1, -0.05) is 218 Å². The Bertz CT molecular complexity index is 2770. The van der Waals surface area contributed by atoms with Gasteiger partial charge in [0, 0.05) is 0 Å². The fourth-order valence-corrected chi connectivity index (χ4v) is 14.0. The molecule has 10 rings (SSSR count). The number of hydrogen-bond acceptors (Lipinski definition) is 0. The first-order valence-electron chi connectivity index (χ1n) is 18.4. The van der Waals surface area contributed by atoms with Crippen LogP contribution in [-0.2, 0) is 0 Å². The quantitative estimate of drug-likeness (QED) is 0.0927. The molecular weight excluding hydrogens is 653 g/mol. The van der Waals surface area contributed by atoms with Crippen LogP contribution in [0.15, 0.2) is 218 Å². The van der Waals surface area contributed by atoms with Crippen LogP contribution in [0.5, 0.6) is 0 Å². The van der Waals surface area contributed by atoms with Crippen LogP contribution >= 0.6 is 0 Å². The lowest BCUT2D eigenvalue weighted by atomic mass is 9.84. The molecule has 10 aromatic rings. The average Bonchev–Trinajstić information content (AvgIpc) is 3.24. The van der Waals surface area contributed by atoms with Crippen molar-refractivity contribution in [2.45, 2.75) is 0 Å². The van der Waals surface area contributed by atoms with Crippen molar-refractivity contribution in [1.82, 2.24) is 0 Å². The molecule has 1 heteroatoms. The highest BCUT2D eigenvalue weighted by Crippen LogP contribution is 2.46. The Morgan fingerprint density at radius 2 is 0.585 bits per heavy atom. The summed E-state index contributed by atoms with van der Waals surface area (Å²) in [7, 11) is -2.77. The highest BCUT2D eigenvalue weighted by atomic mass is 28.3. The predicted octanol–water partition coefficient (Wildman–Crippen LogP) is 11.0. The van der Waals surface area contributed by atoms with Crippen LogP contribution in [0.2, 0.25) is 0 Å². The first-order valence-corrected chi connectivity index (χ1v) is 20.4. The largest absolute Gasteiger partial charge is 0.180 e. The molecule has 0 N–H and O–H groups in total. The van der Waals surface area contributed by atoms with Gasteiger partial charge in [-0.2, -0.15) is 0 Å². The maximum atomic E-state index is 2.47. The Kier molecular flexibility index (Phi) is 7.60. The van der Waals surface area contributed by atoms with Crippen LogP contribution in [0.1, 0.15) is 0 Å². The van der Waals surface area contributed by atoms with Crippen molar-refractivity contribution in [2.24, 2.45) is 0 Å². The Labute approximate surface area is 311 Å². The highest BCUT2D eigenvalue weighted by Gasteiger charge is 2.42. The van der Waals surface area contributed by atoms with E-state index < -0.39 is 8.07 Å². The SMILES string of the molecule is c1ccc([Si](c2ccccc2)(c2ccccc2)c2ccc(-c3c4ccccc4c(-c4cccc5ccccc45)c4ccccc34)c3ccccc23)cc1. The number of hydrogen-bond donors (Lipinski definition) is 0. The molecule has 0 bridgehead atoms. The zero-order chi connectivity index (χ0) is 35.2. The fraction of sp³-hybridized carbons (Fsp3) is 0. The van der Waals surface area contributed by atoms with E-state index in [1.807, 2.05) is 0 Å². The van der Waals surface area contributed by atoms with E-state index in [1.165, 1.54) is 86.1 Å². The summed E-state index contributed by atoms with van der Waals surface area (Å²) in [5.74, 6) is 0. The number of fused-ring (bicyclic) bond motifs is 4. The zero-order valence-corrected chi connectivity index (χ0v) is 30.3. The van der Waals surface area contributed by atoms with Gasteiger partial charge in [0.05, 0.1) is 0 Å². The third-order valence-electron chi connectivity index (χ3n) is 11.2. The van der Waals surface area contributed by atoms with E-state index in [-0.39, 0.29) is 0 Å². The van der Waals surface area contributed by atoms with Gasteiger partial charge in [-0.25, -0.2) is 0 Å². The Morgan fingerprint density at radius 3 is 1.08 bits per heavy atom. The monoisotopic (exact) mass is 688 g/mol. The summed E-state index contributed by atoms with van der Waals surface area (Å²) in [6, 6.07) is 81.3. The molecule has 10 aromatic carbocycles. The van der Waals surface area contributed by atoms with Crippen molar-refractivity contribution >= 4 is 71.9 Å². The molecular formula is C52H36Si. The molecule has 248 valence electrons. The predicted molar refractivity (Wildman–Crippen MR) is 231 cm³/mol. The van der Waals surface area contributed by atoms with Gasteiger partial charge in [-0.3, -0.25) is 0 Å². The van der Waals surface area contributed by atoms with Crippen molar-refractivity contribution in [1.29, 1.82) is 0 Å². The van der Waals surface area contributed by atoms with E-state index in [1.54, 1.807) is 0 Å². The van der Waals surface area contributed by atoms with Gasteiger partial charge in [-0.05, 0) is 86.1 Å². The van der Waals surface area contributed by atoms with E-state index in [2.05, 4.69) is 218 Å². The van der Waals surface area contributed by atoms with Crippen LogP contribution < -0.4 is 20.7 Å². The lowest BCUT2D eigenvalue weighted by Crippen LogP contribution is -2.74. The molecule has 0 saturated carbocycles. The standard InChI is InChI=1S/C52H36Si/c1-4-21-38(22-5-1)53(39-23-6-2-7-24-39,40-25-8-3-9-26-40)50-36-35-49(42-28-12-13-29-43(42)50)52-47-32-16-14-30-45(47)51(46-31-15-17-33-48(46)52)44-34-18-20-37-19-10-11-27-41(37)44/h1-36H. The van der Waals surface area contributed by atoms with Gasteiger partial charge in [0.1, 0.15) is 0 Å². The third kappa shape index (κ3) is 4.89. The van der Waals surface area contributed by atoms with Crippen molar-refractivity contribution < 1.29 is 0 Å². The van der Waals surface area contributed by atoms with Gasteiger partial charge in [0.15, 0.2) is 8.07 Å². The van der Waals surface area contributed by atoms with Gasteiger partial charge < -0.3 is 0 Å². The maximum Gasteiger partial charge on any atom is 0.180 e. The zero-order valence-electron chi connectivity index (χ0n) is 29.3. The first-order chi connectivity index (χ1) is 26.3. The molecule has 0 aliphatic heterocycles. The second-order valence-corrected chi connectivity index (χ2v) is 17.7. The molecule has 0 aliphatic carbocycles. The summed E-state index contributed by atoms with van der Waals surface area (Å²) in [5, 5.41) is 15.7. The molecule has 0 heterocycles. The lowest BCUT2D eigenvalue weighted by Gasteiger charge is -2.35. The van der Waals surface area contributed by atoms with Gasteiger partial charge in [-0.15, -0.1) is 0 Å². The molecule has 0 spiro atoms. The van der Waals surface area contributed by atoms with E-state index in [4.69, 9.17) is 0 Å². The molecule has 0 atom stereocenters. The topological polar surface area (TPSA) is 0 Å². The summed E-state index contributed by atoms with van der Waals surface area (Å²) in [6.45, 7) is 0. The maximum absolute atomic E-state index is 2.77. The smallest absolute Gasteiger partial charge is 0.0623 e. The summed E-state index contributed by atoms with van der Waals surface area (Å²) in [6.07, 6.45) is 0. The second-order valence-electron chi connectivity index (χ2n) is 13.9. The van der Waals surface area contributed by atoms with Crippen molar-refractivity contribution in [3.8, 4) is 22.3 Å². The molecule has 0 radical (unpaired) electrons. The molecule has 0 unspecified atom stereocenters. The number of rotatable bonds is 6. The fourth-order valence-electron chi connectivity index (χ4n) is 9.03. The minimum Gasteiger partial charge on any atom is -0.0623 e. The molecule has 0 amide bonds. The normalized spacial score (nSPS) is 11.8. The van der Waals surface area contributed by atoms with Crippen molar-refractivity contribution in [3.05, 3.63) is 218 Å². The molecule has 0 saturated heterocycles. The Balaban J connectivity index is 1.33. The average molecular weight is 689 g/mol. The molecule has 53 heavy (non-hydrogen) atoms. The Morgan fingerprint density at radius 1 is 0.226 bits per heavy atom. The molecule has 0 fully saturated rings. The van der Waals surface area contributed by atoms with E-state index in [9.17, 15) is 0 Å². The lowest BCUT2D eigenvalue weighted by molar-refractivity contribution is 1.67. The Hall–Kier alpha value is -6.54. The second kappa shape index (κ2) is 12.9. The van der Waals surface area contributed by atoms with E-state index >= 15 is 0 Å².